The average Bonchev–Trinajstić information content (AvgIpc) is 3.35. The zero-order valence-electron chi connectivity index (χ0n) is 12.2. The van der Waals surface area contributed by atoms with E-state index in [1.165, 1.54) is 11.0 Å². The van der Waals surface area contributed by atoms with Crippen LogP contribution in [0.15, 0.2) is 36.9 Å². The third-order valence-corrected chi connectivity index (χ3v) is 3.96. The van der Waals surface area contributed by atoms with Gasteiger partial charge in [0.25, 0.3) is 5.91 Å². The first-order chi connectivity index (χ1) is 11.3. The molecule has 1 aliphatic rings. The number of hydrogen-bond acceptors (Lipinski definition) is 6. The van der Waals surface area contributed by atoms with E-state index in [0.29, 0.717) is 11.5 Å². The number of nitrogens with zero attached hydrogens (tertiary/aromatic N) is 7. The number of rotatable bonds is 3. The second kappa shape index (κ2) is 5.59. The summed E-state index contributed by atoms with van der Waals surface area (Å²) in [4.78, 5) is 18.8. The van der Waals surface area contributed by atoms with Gasteiger partial charge >= 0.3 is 0 Å². The van der Waals surface area contributed by atoms with E-state index in [1.807, 2.05) is 23.2 Å². The van der Waals surface area contributed by atoms with Crippen LogP contribution < -0.4 is 0 Å². The maximum Gasteiger partial charge on any atom is 0.272 e. The van der Waals surface area contributed by atoms with Crippen LogP contribution in [0.1, 0.15) is 34.9 Å². The van der Waals surface area contributed by atoms with Crippen LogP contribution in [0.5, 0.6) is 0 Å². The number of H-pyrrole nitrogens is 1. The van der Waals surface area contributed by atoms with E-state index < -0.39 is 0 Å². The first kappa shape index (κ1) is 13.6. The van der Waals surface area contributed by atoms with Crippen molar-refractivity contribution in [3.05, 3.63) is 48.2 Å². The Bertz CT molecular complexity index is 797. The van der Waals surface area contributed by atoms with Gasteiger partial charge in [0.1, 0.15) is 12.0 Å². The first-order valence-corrected chi connectivity index (χ1v) is 7.32. The molecule has 1 unspecified atom stereocenters. The smallest absolute Gasteiger partial charge is 0.272 e. The predicted octanol–water partition coefficient (Wildman–Crippen LogP) is 0.758. The van der Waals surface area contributed by atoms with E-state index in [4.69, 9.17) is 0 Å². The van der Waals surface area contributed by atoms with E-state index >= 15 is 0 Å². The highest BCUT2D eigenvalue weighted by atomic mass is 16.2. The molecule has 4 rings (SSSR count). The summed E-state index contributed by atoms with van der Waals surface area (Å²) in [5.74, 6) is 0.402. The quantitative estimate of drug-likeness (QED) is 0.765. The van der Waals surface area contributed by atoms with Crippen molar-refractivity contribution in [2.24, 2.45) is 0 Å². The van der Waals surface area contributed by atoms with E-state index in [0.717, 1.165) is 24.9 Å². The molecule has 1 saturated heterocycles. The molecule has 1 amide bonds. The summed E-state index contributed by atoms with van der Waals surface area (Å²) in [7, 11) is 0. The van der Waals surface area contributed by atoms with Gasteiger partial charge in [-0.25, -0.2) is 0 Å². The summed E-state index contributed by atoms with van der Waals surface area (Å²) < 4.78 is 1.40. The molecule has 1 aliphatic heterocycles. The van der Waals surface area contributed by atoms with Gasteiger partial charge in [-0.1, -0.05) is 6.07 Å². The third-order valence-electron chi connectivity index (χ3n) is 3.96. The van der Waals surface area contributed by atoms with E-state index in [1.54, 1.807) is 12.3 Å². The highest BCUT2D eigenvalue weighted by Crippen LogP contribution is 2.32. The van der Waals surface area contributed by atoms with Crippen molar-refractivity contribution in [2.75, 3.05) is 6.54 Å². The van der Waals surface area contributed by atoms with E-state index in [-0.39, 0.29) is 11.9 Å². The summed E-state index contributed by atoms with van der Waals surface area (Å²) in [5, 5.41) is 17.7. The number of nitrogens with one attached hydrogen (secondary N) is 1. The fourth-order valence-electron chi connectivity index (χ4n) is 2.89. The molecule has 0 aliphatic carbocycles. The molecule has 0 spiro atoms. The molecule has 3 aromatic heterocycles. The molecule has 116 valence electrons. The Morgan fingerprint density at radius 3 is 3.13 bits per heavy atom. The number of likely N-dealkylation sites (tertiary alicyclic amines) is 1. The summed E-state index contributed by atoms with van der Waals surface area (Å²) in [5.41, 5.74) is 1.48. The molecule has 4 heterocycles. The zero-order valence-corrected chi connectivity index (χ0v) is 12.2. The lowest BCUT2D eigenvalue weighted by Crippen LogP contribution is -2.30. The molecule has 23 heavy (non-hydrogen) atoms. The molecule has 1 N–H and O–H groups in total. The van der Waals surface area contributed by atoms with Crippen LogP contribution in [0.3, 0.4) is 0 Å². The van der Waals surface area contributed by atoms with Crippen molar-refractivity contribution in [1.29, 1.82) is 0 Å². The minimum Gasteiger partial charge on any atom is -0.330 e. The minimum atomic E-state index is -0.0804. The van der Waals surface area contributed by atoms with Crippen molar-refractivity contribution in [1.82, 2.24) is 40.3 Å². The van der Waals surface area contributed by atoms with E-state index in [2.05, 4.69) is 30.7 Å². The van der Waals surface area contributed by atoms with Crippen molar-refractivity contribution in [3.8, 4) is 5.82 Å². The van der Waals surface area contributed by atoms with Gasteiger partial charge in [0.2, 0.25) is 0 Å². The van der Waals surface area contributed by atoms with Gasteiger partial charge in [-0.05, 0) is 34.9 Å². The van der Waals surface area contributed by atoms with Crippen LogP contribution in [0, 0.1) is 0 Å². The number of carbonyl (C=O) groups is 1. The van der Waals surface area contributed by atoms with Crippen molar-refractivity contribution in [3.63, 3.8) is 0 Å². The predicted molar refractivity (Wildman–Crippen MR) is 78.5 cm³/mol. The molecule has 0 aromatic carbocycles. The van der Waals surface area contributed by atoms with Gasteiger partial charge in [-0.3, -0.25) is 14.9 Å². The molecule has 0 saturated carbocycles. The van der Waals surface area contributed by atoms with Crippen LogP contribution in [-0.4, -0.2) is 52.7 Å². The van der Waals surface area contributed by atoms with Crippen LogP contribution in [0.4, 0.5) is 0 Å². The fourth-order valence-corrected chi connectivity index (χ4v) is 2.89. The van der Waals surface area contributed by atoms with Crippen LogP contribution >= 0.6 is 0 Å². The summed E-state index contributed by atoms with van der Waals surface area (Å²) >= 11 is 0. The molecule has 3 aromatic rings. The monoisotopic (exact) mass is 310 g/mol. The second-order valence-electron chi connectivity index (χ2n) is 5.34. The van der Waals surface area contributed by atoms with Gasteiger partial charge in [-0.2, -0.15) is 9.78 Å². The van der Waals surface area contributed by atoms with Crippen LogP contribution in [-0.2, 0) is 0 Å². The number of aromatic amines is 1. The maximum absolute atomic E-state index is 12.8. The summed E-state index contributed by atoms with van der Waals surface area (Å²) in [6.07, 6.45) is 6.89. The Kier molecular flexibility index (Phi) is 3.30. The Hall–Kier alpha value is -3.10. The lowest BCUT2D eigenvalue weighted by Gasteiger charge is -2.24. The Balaban J connectivity index is 1.59. The molecule has 0 bridgehead atoms. The molecular formula is C14H14N8O. The van der Waals surface area contributed by atoms with Crippen molar-refractivity contribution < 1.29 is 4.79 Å². The molecule has 0 radical (unpaired) electrons. The molecule has 1 fully saturated rings. The molecule has 9 heteroatoms. The lowest BCUT2D eigenvalue weighted by molar-refractivity contribution is 0.0729. The number of pyridine rings is 1. The summed E-state index contributed by atoms with van der Waals surface area (Å²) in [6.45, 7) is 0.720. The molecule has 1 atom stereocenters. The van der Waals surface area contributed by atoms with E-state index in [9.17, 15) is 4.79 Å². The fraction of sp³-hybridized carbons (Fsp3) is 0.286. The zero-order chi connectivity index (χ0) is 15.6. The number of tetrazole rings is 1. The first-order valence-electron chi connectivity index (χ1n) is 7.32. The average molecular weight is 310 g/mol. The van der Waals surface area contributed by atoms with Gasteiger partial charge in [0.05, 0.1) is 6.04 Å². The summed E-state index contributed by atoms with van der Waals surface area (Å²) in [6, 6.07) is 5.60. The van der Waals surface area contributed by atoms with Crippen LogP contribution in [0.25, 0.3) is 5.82 Å². The number of amides is 1. The van der Waals surface area contributed by atoms with Crippen molar-refractivity contribution >= 4 is 5.91 Å². The van der Waals surface area contributed by atoms with Gasteiger partial charge in [0, 0.05) is 25.0 Å². The topological polar surface area (TPSA) is 105 Å². The number of aromatic nitrogens is 7. The maximum atomic E-state index is 12.8. The molecule has 9 nitrogen and oxygen atoms in total. The number of carbonyl (C=O) groups excluding carboxylic acids is 1. The van der Waals surface area contributed by atoms with Crippen LogP contribution in [0.2, 0.25) is 0 Å². The van der Waals surface area contributed by atoms with Gasteiger partial charge < -0.3 is 4.90 Å². The lowest BCUT2D eigenvalue weighted by atomic mass is 10.1. The Morgan fingerprint density at radius 1 is 1.39 bits per heavy atom. The van der Waals surface area contributed by atoms with Crippen molar-refractivity contribution in [2.45, 2.75) is 18.9 Å². The number of hydrogen-bond donors (Lipinski definition) is 1. The largest absolute Gasteiger partial charge is 0.330 e. The van der Waals surface area contributed by atoms with Gasteiger partial charge in [0.15, 0.2) is 5.82 Å². The SMILES string of the molecule is O=C(c1cc(-n2cnnn2)n[nH]1)N1CCCC1c1cccnc1. The Labute approximate surface area is 131 Å². The Morgan fingerprint density at radius 2 is 2.35 bits per heavy atom. The third kappa shape index (κ3) is 2.45. The van der Waals surface area contributed by atoms with Gasteiger partial charge in [-0.15, -0.1) is 5.10 Å². The standard InChI is InChI=1S/C14H14N8O/c23-14(11-7-13(18-17-11)22-9-16-19-20-22)21-6-2-4-12(21)10-3-1-5-15-8-10/h1,3,5,7-9,12H,2,4,6H2,(H,17,18). The molecular weight excluding hydrogens is 296 g/mol. The second-order valence-corrected chi connectivity index (χ2v) is 5.34. The highest BCUT2D eigenvalue weighted by Gasteiger charge is 2.31. The minimum absolute atomic E-state index is 0.0518. The highest BCUT2D eigenvalue weighted by molar-refractivity contribution is 5.93. The normalized spacial score (nSPS) is 17.6.